The van der Waals surface area contributed by atoms with Gasteiger partial charge in [-0.25, -0.2) is 0 Å². The average molecular weight is 335 g/mol. The van der Waals surface area contributed by atoms with Crippen molar-refractivity contribution in [1.29, 1.82) is 0 Å². The molecule has 0 aromatic heterocycles. The molecule has 1 aliphatic heterocycles. The van der Waals surface area contributed by atoms with E-state index in [0.29, 0.717) is 45.6 Å². The van der Waals surface area contributed by atoms with E-state index >= 15 is 0 Å². The summed E-state index contributed by atoms with van der Waals surface area (Å²) in [5, 5.41) is 9.20. The number of carbonyl (C=O) groups is 2. The van der Waals surface area contributed by atoms with E-state index in [9.17, 15) is 14.7 Å². The lowest BCUT2D eigenvalue weighted by Crippen LogP contribution is -2.34. The Hall–Kier alpha value is -2.24. The summed E-state index contributed by atoms with van der Waals surface area (Å²) < 4.78 is 11.0. The molecule has 0 saturated carbocycles. The molecule has 6 nitrogen and oxygen atoms in total. The molecule has 1 amide bonds. The van der Waals surface area contributed by atoms with Crippen LogP contribution in [-0.2, 0) is 9.59 Å². The molecular weight excluding hydrogens is 310 g/mol. The second-order valence-electron chi connectivity index (χ2n) is 6.29. The second kappa shape index (κ2) is 8.04. The Balaban J connectivity index is 1.69. The minimum absolute atomic E-state index is 0.00438. The highest BCUT2D eigenvalue weighted by atomic mass is 16.5. The molecule has 1 atom stereocenters. The second-order valence-corrected chi connectivity index (χ2v) is 6.29. The van der Waals surface area contributed by atoms with Crippen LogP contribution in [0.25, 0.3) is 0 Å². The fourth-order valence-corrected chi connectivity index (χ4v) is 2.72. The highest BCUT2D eigenvalue weighted by Gasteiger charge is 2.41. The van der Waals surface area contributed by atoms with E-state index in [4.69, 9.17) is 9.47 Å². The predicted octanol–water partition coefficient (Wildman–Crippen LogP) is 2.57. The Morgan fingerprint density at radius 3 is 2.38 bits per heavy atom. The molecule has 1 fully saturated rings. The average Bonchev–Trinajstić information content (AvgIpc) is 2.97. The smallest absolute Gasteiger partial charge is 0.311 e. The van der Waals surface area contributed by atoms with Gasteiger partial charge in [-0.3, -0.25) is 9.59 Å². The summed E-state index contributed by atoms with van der Waals surface area (Å²) in [6, 6.07) is 7.37. The fraction of sp³-hybridized carbons (Fsp3) is 0.556. The minimum atomic E-state index is -0.836. The van der Waals surface area contributed by atoms with Gasteiger partial charge in [0.1, 0.15) is 11.5 Å². The molecule has 2 rings (SSSR count). The molecular formula is C18H25NO5. The van der Waals surface area contributed by atoms with Crippen LogP contribution in [0.5, 0.6) is 11.5 Å². The van der Waals surface area contributed by atoms with Crippen LogP contribution in [0.15, 0.2) is 24.3 Å². The zero-order valence-electron chi connectivity index (χ0n) is 14.3. The number of aliphatic carboxylic acids is 1. The number of rotatable bonds is 8. The first-order valence-corrected chi connectivity index (χ1v) is 8.31. The molecule has 0 aliphatic carbocycles. The maximum Gasteiger partial charge on any atom is 0.311 e. The Kier molecular flexibility index (Phi) is 6.06. The van der Waals surface area contributed by atoms with Crippen molar-refractivity contribution in [1.82, 2.24) is 4.90 Å². The van der Waals surface area contributed by atoms with Crippen molar-refractivity contribution in [3.63, 3.8) is 0 Å². The fourth-order valence-electron chi connectivity index (χ4n) is 2.72. The first-order chi connectivity index (χ1) is 11.4. The van der Waals surface area contributed by atoms with Crippen LogP contribution in [0, 0.1) is 5.41 Å². The third-order valence-corrected chi connectivity index (χ3v) is 4.28. The van der Waals surface area contributed by atoms with Crippen molar-refractivity contribution in [2.24, 2.45) is 5.41 Å². The first-order valence-electron chi connectivity index (χ1n) is 8.31. The molecule has 1 aromatic rings. The van der Waals surface area contributed by atoms with Gasteiger partial charge in [0, 0.05) is 19.5 Å². The third kappa shape index (κ3) is 4.63. The Morgan fingerprint density at radius 2 is 1.83 bits per heavy atom. The van der Waals surface area contributed by atoms with Crippen molar-refractivity contribution in [2.75, 3.05) is 26.3 Å². The lowest BCUT2D eigenvalue weighted by Gasteiger charge is -2.20. The molecule has 24 heavy (non-hydrogen) atoms. The standard InChI is InChI=1S/C18H25NO5/c1-3-23-14-6-8-15(9-7-14)24-12-4-5-16(20)19-11-10-18(2,13-19)17(21)22/h6-9H,3-5,10-13H2,1-2H3,(H,21,22). The number of hydrogen-bond donors (Lipinski definition) is 1. The summed E-state index contributed by atoms with van der Waals surface area (Å²) in [6.45, 7) is 5.50. The van der Waals surface area contributed by atoms with Gasteiger partial charge in [0.25, 0.3) is 0 Å². The van der Waals surface area contributed by atoms with E-state index < -0.39 is 11.4 Å². The Labute approximate surface area is 142 Å². The van der Waals surface area contributed by atoms with Crippen molar-refractivity contribution < 1.29 is 24.2 Å². The molecule has 1 heterocycles. The number of hydrogen-bond acceptors (Lipinski definition) is 4. The van der Waals surface area contributed by atoms with Gasteiger partial charge in [0.15, 0.2) is 0 Å². The van der Waals surface area contributed by atoms with Gasteiger partial charge in [-0.05, 0) is 51.0 Å². The molecule has 0 radical (unpaired) electrons. The summed E-state index contributed by atoms with van der Waals surface area (Å²) in [5.74, 6) is 0.702. The number of nitrogens with zero attached hydrogens (tertiary/aromatic N) is 1. The number of benzene rings is 1. The molecule has 1 unspecified atom stereocenters. The number of likely N-dealkylation sites (tertiary alicyclic amines) is 1. The zero-order valence-corrected chi connectivity index (χ0v) is 14.3. The van der Waals surface area contributed by atoms with Crippen LogP contribution in [0.4, 0.5) is 0 Å². The molecule has 1 N–H and O–H groups in total. The van der Waals surface area contributed by atoms with Crippen LogP contribution < -0.4 is 9.47 Å². The van der Waals surface area contributed by atoms with E-state index in [1.807, 2.05) is 31.2 Å². The quantitative estimate of drug-likeness (QED) is 0.739. The maximum absolute atomic E-state index is 12.1. The Morgan fingerprint density at radius 1 is 1.21 bits per heavy atom. The summed E-state index contributed by atoms with van der Waals surface area (Å²) in [7, 11) is 0. The van der Waals surface area contributed by atoms with E-state index in [-0.39, 0.29) is 5.91 Å². The molecule has 132 valence electrons. The van der Waals surface area contributed by atoms with Crippen LogP contribution in [-0.4, -0.2) is 48.2 Å². The van der Waals surface area contributed by atoms with Gasteiger partial charge < -0.3 is 19.5 Å². The van der Waals surface area contributed by atoms with Crippen molar-refractivity contribution in [2.45, 2.75) is 33.1 Å². The molecule has 1 saturated heterocycles. The van der Waals surface area contributed by atoms with E-state index in [1.165, 1.54) is 0 Å². The normalized spacial score (nSPS) is 20.0. The molecule has 0 bridgehead atoms. The van der Waals surface area contributed by atoms with Gasteiger partial charge >= 0.3 is 5.97 Å². The van der Waals surface area contributed by atoms with Gasteiger partial charge in [0.05, 0.1) is 18.6 Å². The lowest BCUT2D eigenvalue weighted by molar-refractivity contribution is -0.147. The highest BCUT2D eigenvalue weighted by molar-refractivity contribution is 5.80. The summed E-state index contributed by atoms with van der Waals surface area (Å²) in [5.41, 5.74) is -0.811. The largest absolute Gasteiger partial charge is 0.494 e. The maximum atomic E-state index is 12.1. The van der Waals surface area contributed by atoms with Gasteiger partial charge in [-0.2, -0.15) is 0 Å². The van der Waals surface area contributed by atoms with E-state index in [0.717, 1.165) is 11.5 Å². The van der Waals surface area contributed by atoms with Crippen molar-refractivity contribution in [3.05, 3.63) is 24.3 Å². The van der Waals surface area contributed by atoms with Crippen molar-refractivity contribution >= 4 is 11.9 Å². The highest BCUT2D eigenvalue weighted by Crippen LogP contribution is 2.30. The summed E-state index contributed by atoms with van der Waals surface area (Å²) >= 11 is 0. The Bertz CT molecular complexity index is 571. The van der Waals surface area contributed by atoms with Crippen LogP contribution >= 0.6 is 0 Å². The number of amides is 1. The third-order valence-electron chi connectivity index (χ3n) is 4.28. The van der Waals surface area contributed by atoms with Crippen LogP contribution in [0.3, 0.4) is 0 Å². The van der Waals surface area contributed by atoms with Gasteiger partial charge in [-0.1, -0.05) is 0 Å². The summed E-state index contributed by atoms with van der Waals surface area (Å²) in [4.78, 5) is 25.0. The lowest BCUT2D eigenvalue weighted by atomic mass is 9.90. The predicted molar refractivity (Wildman–Crippen MR) is 89.3 cm³/mol. The zero-order chi connectivity index (χ0) is 17.6. The molecule has 6 heteroatoms. The molecule has 1 aliphatic rings. The van der Waals surface area contributed by atoms with E-state index in [1.54, 1.807) is 11.8 Å². The van der Waals surface area contributed by atoms with E-state index in [2.05, 4.69) is 0 Å². The topological polar surface area (TPSA) is 76.1 Å². The minimum Gasteiger partial charge on any atom is -0.494 e. The SMILES string of the molecule is CCOc1ccc(OCCCC(=O)N2CCC(C)(C(=O)O)C2)cc1. The molecule has 0 spiro atoms. The number of carboxylic acid groups (broad SMARTS) is 1. The van der Waals surface area contributed by atoms with Crippen LogP contribution in [0.1, 0.15) is 33.1 Å². The number of carbonyl (C=O) groups excluding carboxylic acids is 1. The van der Waals surface area contributed by atoms with Crippen LogP contribution in [0.2, 0.25) is 0 Å². The number of carboxylic acids is 1. The monoisotopic (exact) mass is 335 g/mol. The molecule has 1 aromatic carbocycles. The first kappa shape index (κ1) is 18.1. The van der Waals surface area contributed by atoms with Gasteiger partial charge in [-0.15, -0.1) is 0 Å². The van der Waals surface area contributed by atoms with Crippen molar-refractivity contribution in [3.8, 4) is 11.5 Å². The van der Waals surface area contributed by atoms with Gasteiger partial charge in [0.2, 0.25) is 5.91 Å². The number of ether oxygens (including phenoxy) is 2. The summed E-state index contributed by atoms with van der Waals surface area (Å²) in [6.07, 6.45) is 1.48.